The van der Waals surface area contributed by atoms with E-state index in [2.05, 4.69) is 9.97 Å². The Balaban J connectivity index is 1.73. The third kappa shape index (κ3) is 4.49. The summed E-state index contributed by atoms with van der Waals surface area (Å²) in [4.78, 5) is 20.8. The predicted molar refractivity (Wildman–Crippen MR) is 122 cm³/mol. The fraction of sp³-hybridized carbons (Fsp3) is 0.0870. The van der Waals surface area contributed by atoms with Crippen molar-refractivity contribution in [1.29, 1.82) is 0 Å². The highest BCUT2D eigenvalue weighted by atomic mass is 32.2. The van der Waals surface area contributed by atoms with E-state index in [1.54, 1.807) is 48.8 Å². The summed E-state index contributed by atoms with van der Waals surface area (Å²) < 4.78 is 23.5. The molecule has 8 heteroatoms. The number of primary amides is 1. The Bertz CT molecular complexity index is 1390. The van der Waals surface area contributed by atoms with Crippen LogP contribution in [0, 0.1) is 0 Å². The predicted octanol–water partition coefficient (Wildman–Crippen LogP) is 2.33. The molecule has 1 amide bonds. The standard InChI is InChI=1S/C23H19BN3O3S/c1-31(29,30)17-8-6-15(7-9-17)16-12-20(18-4-2-10-26-21(18)13-16)24-14-22-19(23(25)28)5-3-11-27-22/h2-13H,14H2,1H3,(H2,25,28). The number of rotatable bonds is 6. The molecular formula is C23H19BN3O3S. The Labute approximate surface area is 181 Å². The lowest BCUT2D eigenvalue weighted by Crippen LogP contribution is -2.22. The van der Waals surface area contributed by atoms with Crippen LogP contribution in [-0.4, -0.2) is 37.8 Å². The van der Waals surface area contributed by atoms with E-state index >= 15 is 0 Å². The van der Waals surface area contributed by atoms with Crippen LogP contribution >= 0.6 is 0 Å². The van der Waals surface area contributed by atoms with Gasteiger partial charge in [-0.25, -0.2) is 8.42 Å². The second kappa shape index (κ2) is 8.31. The number of fused-ring (bicyclic) bond motifs is 1. The van der Waals surface area contributed by atoms with Gasteiger partial charge in [0, 0.05) is 24.3 Å². The second-order valence-corrected chi connectivity index (χ2v) is 9.22. The molecule has 0 aliphatic rings. The van der Waals surface area contributed by atoms with Crippen LogP contribution in [0.2, 0.25) is 0 Å². The lowest BCUT2D eigenvalue weighted by molar-refractivity contribution is 0.0999. The number of hydrogen-bond acceptors (Lipinski definition) is 5. The highest BCUT2D eigenvalue weighted by Gasteiger charge is 2.13. The smallest absolute Gasteiger partial charge is 0.250 e. The van der Waals surface area contributed by atoms with E-state index in [1.165, 1.54) is 6.26 Å². The molecule has 0 fully saturated rings. The molecule has 0 aliphatic heterocycles. The molecule has 2 aromatic carbocycles. The Kier molecular flexibility index (Phi) is 5.56. The number of amides is 1. The molecule has 0 aliphatic carbocycles. The molecule has 2 N–H and O–H groups in total. The van der Waals surface area contributed by atoms with E-state index in [9.17, 15) is 13.2 Å². The van der Waals surface area contributed by atoms with Crippen molar-refractivity contribution in [2.45, 2.75) is 11.2 Å². The first-order chi connectivity index (χ1) is 14.8. The van der Waals surface area contributed by atoms with Crippen LogP contribution in [0.5, 0.6) is 0 Å². The summed E-state index contributed by atoms with van der Waals surface area (Å²) in [6.45, 7) is 0. The van der Waals surface area contributed by atoms with Crippen molar-refractivity contribution < 1.29 is 13.2 Å². The molecule has 0 saturated carbocycles. The molecule has 2 heterocycles. The fourth-order valence-electron chi connectivity index (χ4n) is 3.47. The zero-order chi connectivity index (χ0) is 22.0. The van der Waals surface area contributed by atoms with Crippen LogP contribution in [0.15, 0.2) is 78.0 Å². The highest BCUT2D eigenvalue weighted by molar-refractivity contribution is 7.90. The van der Waals surface area contributed by atoms with Gasteiger partial charge < -0.3 is 5.73 Å². The third-order valence-corrected chi connectivity index (χ3v) is 6.17. The normalized spacial score (nSPS) is 11.4. The topological polar surface area (TPSA) is 103 Å². The first-order valence-corrected chi connectivity index (χ1v) is 11.5. The molecule has 0 saturated heterocycles. The minimum atomic E-state index is -3.26. The SMILES string of the molecule is CS(=O)(=O)c1ccc(-c2cc([B]Cc3ncccc3C(N)=O)c3cccnc3c2)cc1. The van der Waals surface area contributed by atoms with Gasteiger partial charge >= 0.3 is 0 Å². The third-order valence-electron chi connectivity index (χ3n) is 5.04. The van der Waals surface area contributed by atoms with Crippen molar-refractivity contribution >= 4 is 39.4 Å². The lowest BCUT2D eigenvalue weighted by atomic mass is 9.64. The molecule has 2 aromatic heterocycles. The zero-order valence-electron chi connectivity index (χ0n) is 16.8. The number of nitrogens with two attached hydrogens (primary N) is 1. The summed E-state index contributed by atoms with van der Waals surface area (Å²) in [6, 6.07) is 18.0. The summed E-state index contributed by atoms with van der Waals surface area (Å²) in [5.74, 6) is -0.511. The van der Waals surface area contributed by atoms with Crippen molar-refractivity contribution in [2.24, 2.45) is 5.73 Å². The van der Waals surface area contributed by atoms with Crippen molar-refractivity contribution in [3.8, 4) is 11.1 Å². The highest BCUT2D eigenvalue weighted by Crippen LogP contribution is 2.24. The van der Waals surface area contributed by atoms with Crippen LogP contribution in [0.25, 0.3) is 22.0 Å². The van der Waals surface area contributed by atoms with Crippen LogP contribution in [0.1, 0.15) is 16.1 Å². The van der Waals surface area contributed by atoms with Gasteiger partial charge in [0.05, 0.1) is 16.0 Å². The summed E-state index contributed by atoms with van der Waals surface area (Å²) >= 11 is 0. The number of pyridine rings is 2. The van der Waals surface area contributed by atoms with Gasteiger partial charge in [-0.05, 0) is 59.2 Å². The molecule has 6 nitrogen and oxygen atoms in total. The molecule has 0 atom stereocenters. The van der Waals surface area contributed by atoms with Gasteiger partial charge in [0.25, 0.3) is 5.91 Å². The summed E-state index contributed by atoms with van der Waals surface area (Å²) in [6.07, 6.45) is 4.98. The number of hydrogen-bond donors (Lipinski definition) is 1. The maximum absolute atomic E-state index is 11.8. The minimum Gasteiger partial charge on any atom is -0.366 e. The first-order valence-electron chi connectivity index (χ1n) is 9.59. The largest absolute Gasteiger partial charge is 0.366 e. The van der Waals surface area contributed by atoms with E-state index in [0.717, 1.165) is 27.5 Å². The number of nitrogens with zero attached hydrogens (tertiary/aromatic N) is 2. The van der Waals surface area contributed by atoms with Crippen molar-refractivity contribution in [2.75, 3.05) is 6.26 Å². The fourth-order valence-corrected chi connectivity index (χ4v) is 4.10. The quantitative estimate of drug-likeness (QED) is 0.475. The van der Waals surface area contributed by atoms with E-state index in [4.69, 9.17) is 5.73 Å². The van der Waals surface area contributed by atoms with E-state index in [-0.39, 0.29) is 4.90 Å². The summed E-state index contributed by atoms with van der Waals surface area (Å²) in [7, 11) is -1.27. The molecule has 4 aromatic rings. The van der Waals surface area contributed by atoms with E-state index in [0.29, 0.717) is 17.6 Å². The second-order valence-electron chi connectivity index (χ2n) is 7.20. The molecular weight excluding hydrogens is 409 g/mol. The first kappa shape index (κ1) is 20.7. The van der Waals surface area contributed by atoms with Gasteiger partial charge in [-0.15, -0.1) is 0 Å². The van der Waals surface area contributed by atoms with Crippen LogP contribution in [0.4, 0.5) is 0 Å². The van der Waals surface area contributed by atoms with Gasteiger partial charge in [-0.3, -0.25) is 14.8 Å². The van der Waals surface area contributed by atoms with Gasteiger partial charge in [0.15, 0.2) is 17.1 Å². The van der Waals surface area contributed by atoms with Crippen molar-refractivity contribution in [3.63, 3.8) is 0 Å². The number of carbonyl (C=O) groups is 1. The Morgan fingerprint density at radius 2 is 1.68 bits per heavy atom. The van der Waals surface area contributed by atoms with Crippen LogP contribution < -0.4 is 11.2 Å². The average Bonchev–Trinajstić information content (AvgIpc) is 2.77. The molecule has 0 unspecified atom stereocenters. The Hall–Kier alpha value is -3.52. The van der Waals surface area contributed by atoms with E-state index < -0.39 is 15.7 Å². The Morgan fingerprint density at radius 3 is 2.39 bits per heavy atom. The number of aromatic nitrogens is 2. The monoisotopic (exact) mass is 428 g/mol. The number of carbonyl (C=O) groups excluding carboxylic acids is 1. The zero-order valence-corrected chi connectivity index (χ0v) is 17.6. The van der Waals surface area contributed by atoms with Gasteiger partial charge in [-0.2, -0.15) is 0 Å². The molecule has 0 bridgehead atoms. The lowest BCUT2D eigenvalue weighted by Gasteiger charge is -2.11. The molecule has 0 spiro atoms. The average molecular weight is 428 g/mol. The maximum atomic E-state index is 11.8. The summed E-state index contributed by atoms with van der Waals surface area (Å²) in [5, 5.41) is 0.968. The van der Waals surface area contributed by atoms with E-state index in [1.807, 2.05) is 31.5 Å². The minimum absolute atomic E-state index is 0.274. The molecule has 153 valence electrons. The van der Waals surface area contributed by atoms with Gasteiger partial charge in [-0.1, -0.05) is 29.7 Å². The summed E-state index contributed by atoms with van der Waals surface area (Å²) in [5.41, 5.74) is 10.0. The molecule has 1 radical (unpaired) electrons. The molecule has 4 rings (SSSR count). The van der Waals surface area contributed by atoms with Crippen LogP contribution in [0.3, 0.4) is 0 Å². The van der Waals surface area contributed by atoms with Gasteiger partial charge in [0.2, 0.25) is 0 Å². The Morgan fingerprint density at radius 1 is 0.968 bits per heavy atom. The number of benzene rings is 2. The molecule has 31 heavy (non-hydrogen) atoms. The maximum Gasteiger partial charge on any atom is 0.250 e. The van der Waals surface area contributed by atoms with Crippen molar-refractivity contribution in [3.05, 3.63) is 84.3 Å². The number of sulfone groups is 1. The van der Waals surface area contributed by atoms with Crippen LogP contribution in [-0.2, 0) is 16.2 Å². The van der Waals surface area contributed by atoms with Crippen molar-refractivity contribution in [1.82, 2.24) is 9.97 Å². The van der Waals surface area contributed by atoms with Gasteiger partial charge in [0.1, 0.15) is 0 Å².